The van der Waals surface area contributed by atoms with Crippen LogP contribution in [0.2, 0.25) is 0 Å². The number of benzene rings is 3. The topological polar surface area (TPSA) is 96.0 Å². The number of aryl methyl sites for hydroxylation is 1. The van der Waals surface area contributed by atoms with Crippen molar-refractivity contribution >= 4 is 27.5 Å². The van der Waals surface area contributed by atoms with E-state index in [1.165, 1.54) is 17.0 Å². The number of nitrogens with zero attached hydrogens (tertiary/aromatic N) is 2. The first-order valence-electron chi connectivity index (χ1n) is 14.3. The monoisotopic (exact) mass is 593 g/mol. The molecule has 0 aliphatic rings. The molecular weight excluding hydrogens is 550 g/mol. The zero-order valence-corrected chi connectivity index (χ0v) is 26.3. The van der Waals surface area contributed by atoms with Gasteiger partial charge in [-0.15, -0.1) is 0 Å². The first-order valence-corrected chi connectivity index (χ1v) is 15.8. The third kappa shape index (κ3) is 8.58. The van der Waals surface area contributed by atoms with Crippen molar-refractivity contribution < 1.29 is 22.7 Å². The van der Waals surface area contributed by atoms with Gasteiger partial charge in [-0.05, 0) is 77.3 Å². The van der Waals surface area contributed by atoms with Crippen LogP contribution < -0.4 is 14.4 Å². The van der Waals surface area contributed by atoms with Crippen molar-refractivity contribution in [1.29, 1.82) is 0 Å². The average Bonchev–Trinajstić information content (AvgIpc) is 2.94. The second-order valence-corrected chi connectivity index (χ2v) is 13.1. The van der Waals surface area contributed by atoms with Gasteiger partial charge in [0.15, 0.2) is 0 Å². The van der Waals surface area contributed by atoms with Gasteiger partial charge in [-0.25, -0.2) is 8.42 Å². The molecule has 0 unspecified atom stereocenters. The molecule has 3 aromatic carbocycles. The Balaban J connectivity index is 2.07. The van der Waals surface area contributed by atoms with Gasteiger partial charge in [0.05, 0.1) is 17.2 Å². The van der Waals surface area contributed by atoms with Gasteiger partial charge in [0.2, 0.25) is 11.8 Å². The predicted octanol–water partition coefficient (Wildman–Crippen LogP) is 5.35. The molecule has 8 nitrogen and oxygen atoms in total. The fraction of sp³-hybridized carbons (Fsp3) is 0.394. The number of ether oxygens (including phenoxy) is 1. The molecule has 0 heterocycles. The molecule has 0 saturated heterocycles. The SMILES string of the molecule is CCOc1ccccc1N(CC(=O)N(CCc1ccccc1)[C@H](CC)C(=O)NC(C)(C)C)S(=O)(=O)c1ccc(C)cc1. The number of anilines is 1. The Morgan fingerprint density at radius 3 is 2.12 bits per heavy atom. The Morgan fingerprint density at radius 2 is 1.52 bits per heavy atom. The molecule has 0 bridgehead atoms. The Bertz CT molecular complexity index is 1430. The molecule has 42 heavy (non-hydrogen) atoms. The van der Waals surface area contributed by atoms with Gasteiger partial charge < -0.3 is 15.0 Å². The maximum Gasteiger partial charge on any atom is 0.264 e. The van der Waals surface area contributed by atoms with Crippen molar-refractivity contribution in [3.63, 3.8) is 0 Å². The van der Waals surface area contributed by atoms with Crippen molar-refractivity contribution in [1.82, 2.24) is 10.2 Å². The molecule has 0 saturated carbocycles. The van der Waals surface area contributed by atoms with Gasteiger partial charge in [0.1, 0.15) is 18.3 Å². The number of sulfonamides is 1. The summed E-state index contributed by atoms with van der Waals surface area (Å²) in [4.78, 5) is 29.2. The Kier molecular flexibility index (Phi) is 11.2. The fourth-order valence-electron chi connectivity index (χ4n) is 4.64. The molecule has 1 N–H and O–H groups in total. The average molecular weight is 594 g/mol. The van der Waals surface area contributed by atoms with Crippen LogP contribution in [0, 0.1) is 6.92 Å². The summed E-state index contributed by atoms with van der Waals surface area (Å²) in [5.74, 6) is -0.422. The molecular formula is C33H43N3O5S. The van der Waals surface area contributed by atoms with E-state index in [0.717, 1.165) is 15.4 Å². The predicted molar refractivity (Wildman–Crippen MR) is 167 cm³/mol. The van der Waals surface area contributed by atoms with Crippen molar-refractivity contribution in [3.05, 3.63) is 90.0 Å². The summed E-state index contributed by atoms with van der Waals surface area (Å²) in [7, 11) is -4.18. The lowest BCUT2D eigenvalue weighted by Crippen LogP contribution is -2.56. The van der Waals surface area contributed by atoms with E-state index in [2.05, 4.69) is 5.32 Å². The molecule has 0 aliphatic heterocycles. The third-order valence-electron chi connectivity index (χ3n) is 6.69. The highest BCUT2D eigenvalue weighted by Gasteiger charge is 2.35. The summed E-state index contributed by atoms with van der Waals surface area (Å²) in [5.41, 5.74) is 1.67. The van der Waals surface area contributed by atoms with Crippen molar-refractivity contribution in [3.8, 4) is 5.75 Å². The second-order valence-electron chi connectivity index (χ2n) is 11.2. The Morgan fingerprint density at radius 1 is 0.905 bits per heavy atom. The van der Waals surface area contributed by atoms with E-state index in [-0.39, 0.29) is 23.0 Å². The molecule has 3 rings (SSSR count). The lowest BCUT2D eigenvalue weighted by Gasteiger charge is -2.35. The standard InChI is InChI=1S/C33H43N3O5S/c1-7-28(32(38)34-33(4,5)6)35(23-22-26-14-10-9-11-15-26)31(37)24-36(29-16-12-13-17-30(29)41-8-2)42(39,40)27-20-18-25(3)19-21-27/h9-21,28H,7-8,22-24H2,1-6H3,(H,34,38)/t28-/m1/s1. The summed E-state index contributed by atoms with van der Waals surface area (Å²) in [6.45, 7) is 11.2. The van der Waals surface area contributed by atoms with Crippen molar-refractivity contribution in [2.24, 2.45) is 0 Å². The van der Waals surface area contributed by atoms with Crippen LogP contribution in [-0.4, -0.2) is 56.4 Å². The molecule has 0 fully saturated rings. The van der Waals surface area contributed by atoms with Crippen LogP contribution in [0.4, 0.5) is 5.69 Å². The van der Waals surface area contributed by atoms with E-state index >= 15 is 0 Å². The zero-order chi connectivity index (χ0) is 30.9. The van der Waals surface area contributed by atoms with Gasteiger partial charge in [0.25, 0.3) is 10.0 Å². The van der Waals surface area contributed by atoms with E-state index in [1.54, 1.807) is 36.4 Å². The van der Waals surface area contributed by atoms with Gasteiger partial charge in [-0.3, -0.25) is 13.9 Å². The van der Waals surface area contributed by atoms with E-state index < -0.39 is 34.1 Å². The number of carbonyl (C=O) groups excluding carboxylic acids is 2. The number of amides is 2. The molecule has 0 aliphatic carbocycles. The van der Waals surface area contributed by atoms with E-state index in [0.29, 0.717) is 25.2 Å². The van der Waals surface area contributed by atoms with E-state index in [9.17, 15) is 18.0 Å². The maximum atomic E-state index is 14.2. The molecule has 1 atom stereocenters. The minimum Gasteiger partial charge on any atom is -0.492 e. The van der Waals surface area contributed by atoms with Gasteiger partial charge in [0, 0.05) is 12.1 Å². The molecule has 2 amide bonds. The Hall–Kier alpha value is -3.85. The van der Waals surface area contributed by atoms with Crippen molar-refractivity contribution in [2.75, 3.05) is 24.0 Å². The lowest BCUT2D eigenvalue weighted by atomic mass is 10.1. The lowest BCUT2D eigenvalue weighted by molar-refractivity contribution is -0.140. The zero-order valence-electron chi connectivity index (χ0n) is 25.5. The minimum absolute atomic E-state index is 0.0561. The summed E-state index contributed by atoms with van der Waals surface area (Å²) in [6.07, 6.45) is 0.870. The number of carbonyl (C=O) groups is 2. The number of hydrogen-bond acceptors (Lipinski definition) is 5. The minimum atomic E-state index is -4.18. The van der Waals surface area contributed by atoms with Crippen LogP contribution in [0.15, 0.2) is 83.8 Å². The van der Waals surface area contributed by atoms with E-state index in [4.69, 9.17) is 4.74 Å². The molecule has 0 aromatic heterocycles. The first-order chi connectivity index (χ1) is 19.9. The van der Waals surface area contributed by atoms with Crippen molar-refractivity contribution in [2.45, 2.75) is 70.9 Å². The first kappa shape index (κ1) is 32.7. The largest absolute Gasteiger partial charge is 0.492 e. The number of para-hydroxylation sites is 2. The van der Waals surface area contributed by atoms with Crippen LogP contribution in [0.1, 0.15) is 52.2 Å². The highest BCUT2D eigenvalue weighted by molar-refractivity contribution is 7.92. The van der Waals surface area contributed by atoms with Crippen LogP contribution in [0.5, 0.6) is 5.75 Å². The number of hydrogen-bond donors (Lipinski definition) is 1. The van der Waals surface area contributed by atoms with E-state index in [1.807, 2.05) is 71.9 Å². The van der Waals surface area contributed by atoms with Crippen LogP contribution >= 0.6 is 0 Å². The Labute approximate surface area is 250 Å². The molecule has 0 radical (unpaired) electrons. The normalized spacial score (nSPS) is 12.3. The van der Waals surface area contributed by atoms with Gasteiger partial charge in [-0.1, -0.05) is 67.1 Å². The summed E-state index contributed by atoms with van der Waals surface area (Å²) >= 11 is 0. The van der Waals surface area contributed by atoms with Gasteiger partial charge >= 0.3 is 0 Å². The molecule has 0 spiro atoms. The fourth-order valence-corrected chi connectivity index (χ4v) is 6.07. The molecule has 3 aromatic rings. The summed E-state index contributed by atoms with van der Waals surface area (Å²) < 4.78 is 35.1. The number of nitrogens with one attached hydrogen (secondary N) is 1. The highest BCUT2D eigenvalue weighted by atomic mass is 32.2. The third-order valence-corrected chi connectivity index (χ3v) is 8.46. The van der Waals surface area contributed by atoms with Crippen LogP contribution in [0.25, 0.3) is 0 Å². The maximum absolute atomic E-state index is 14.2. The summed E-state index contributed by atoms with van der Waals surface area (Å²) in [5, 5.41) is 2.99. The number of rotatable bonds is 13. The van der Waals surface area contributed by atoms with Crippen LogP contribution in [0.3, 0.4) is 0 Å². The molecule has 226 valence electrons. The van der Waals surface area contributed by atoms with Crippen LogP contribution in [-0.2, 0) is 26.0 Å². The highest BCUT2D eigenvalue weighted by Crippen LogP contribution is 2.33. The van der Waals surface area contributed by atoms with Gasteiger partial charge in [-0.2, -0.15) is 0 Å². The molecule has 9 heteroatoms. The quantitative estimate of drug-likeness (QED) is 0.288. The summed E-state index contributed by atoms with van der Waals surface area (Å²) in [6, 6.07) is 22.2. The smallest absolute Gasteiger partial charge is 0.264 e. The second kappa shape index (κ2) is 14.4.